The molecule has 2 rings (SSSR count). The number of anilines is 2. The van der Waals surface area contributed by atoms with Crippen LogP contribution in [0.4, 0.5) is 11.4 Å². The Bertz CT molecular complexity index is 514. The summed E-state index contributed by atoms with van der Waals surface area (Å²) in [6.07, 6.45) is 1.78. The van der Waals surface area contributed by atoms with Gasteiger partial charge in [0.2, 0.25) is 0 Å². The summed E-state index contributed by atoms with van der Waals surface area (Å²) in [4.78, 5) is 4.31. The first-order valence-corrected chi connectivity index (χ1v) is 5.82. The third-order valence-electron chi connectivity index (χ3n) is 2.79. The van der Waals surface area contributed by atoms with E-state index in [4.69, 9.17) is 10.5 Å². The molecule has 0 fully saturated rings. The van der Waals surface area contributed by atoms with E-state index in [0.717, 1.165) is 11.4 Å². The van der Waals surface area contributed by atoms with Gasteiger partial charge in [0.15, 0.2) is 0 Å². The molecule has 3 N–H and O–H groups in total. The Hall–Kier alpha value is -2.23. The molecule has 0 saturated carbocycles. The number of benzene rings is 1. The smallest absolute Gasteiger partial charge is 0.143 e. The summed E-state index contributed by atoms with van der Waals surface area (Å²) in [6, 6.07) is 11.6. The summed E-state index contributed by atoms with van der Waals surface area (Å²) < 4.78 is 5.19. The van der Waals surface area contributed by atoms with Crippen molar-refractivity contribution < 1.29 is 4.74 Å². The van der Waals surface area contributed by atoms with Crippen LogP contribution in [0.3, 0.4) is 0 Å². The first-order chi connectivity index (χ1) is 8.72. The number of hydrogen-bond acceptors (Lipinski definition) is 4. The van der Waals surface area contributed by atoms with Crippen molar-refractivity contribution in [2.24, 2.45) is 0 Å². The summed E-state index contributed by atoms with van der Waals surface area (Å²) in [5, 5.41) is 3.33. The summed E-state index contributed by atoms with van der Waals surface area (Å²) in [5.41, 5.74) is 8.45. The van der Waals surface area contributed by atoms with Crippen LogP contribution in [0.2, 0.25) is 0 Å². The Morgan fingerprint density at radius 2 is 2.06 bits per heavy atom. The van der Waals surface area contributed by atoms with Gasteiger partial charge >= 0.3 is 0 Å². The highest BCUT2D eigenvalue weighted by Gasteiger charge is 2.10. The van der Waals surface area contributed by atoms with Gasteiger partial charge in [-0.15, -0.1) is 0 Å². The quantitative estimate of drug-likeness (QED) is 0.811. The predicted molar refractivity (Wildman–Crippen MR) is 73.7 cm³/mol. The molecule has 0 spiro atoms. The van der Waals surface area contributed by atoms with Gasteiger partial charge in [0.05, 0.1) is 30.2 Å². The summed E-state index contributed by atoms with van der Waals surface area (Å²) in [5.74, 6) is 0.674. The third kappa shape index (κ3) is 2.53. The van der Waals surface area contributed by atoms with E-state index in [0.29, 0.717) is 11.4 Å². The zero-order chi connectivity index (χ0) is 13.0. The number of pyridine rings is 1. The van der Waals surface area contributed by atoms with E-state index in [1.807, 2.05) is 43.3 Å². The highest BCUT2D eigenvalue weighted by atomic mass is 16.5. The van der Waals surface area contributed by atoms with Crippen molar-refractivity contribution >= 4 is 11.4 Å². The van der Waals surface area contributed by atoms with Gasteiger partial charge in [-0.1, -0.05) is 12.1 Å². The number of ether oxygens (including phenoxy) is 1. The molecule has 1 unspecified atom stereocenters. The van der Waals surface area contributed by atoms with Crippen LogP contribution < -0.4 is 15.8 Å². The first kappa shape index (κ1) is 12.2. The molecule has 0 radical (unpaired) electrons. The van der Waals surface area contributed by atoms with Gasteiger partial charge in [-0.25, -0.2) is 0 Å². The second-order valence-electron chi connectivity index (χ2n) is 4.04. The summed E-state index contributed by atoms with van der Waals surface area (Å²) >= 11 is 0. The molecule has 1 heterocycles. The minimum absolute atomic E-state index is 0.0839. The van der Waals surface area contributed by atoms with Crippen LogP contribution in [0, 0.1) is 0 Å². The molecular weight excluding hydrogens is 226 g/mol. The molecule has 4 nitrogen and oxygen atoms in total. The van der Waals surface area contributed by atoms with E-state index in [-0.39, 0.29) is 6.04 Å². The highest BCUT2D eigenvalue weighted by Crippen LogP contribution is 2.31. The first-order valence-electron chi connectivity index (χ1n) is 5.82. The number of methoxy groups -OCH3 is 1. The highest BCUT2D eigenvalue weighted by molar-refractivity contribution is 5.73. The average molecular weight is 243 g/mol. The number of nitrogen functional groups attached to an aromatic ring is 1. The van der Waals surface area contributed by atoms with Crippen LogP contribution >= 0.6 is 0 Å². The van der Waals surface area contributed by atoms with Gasteiger partial charge in [0.25, 0.3) is 0 Å². The number of nitrogens with zero attached hydrogens (tertiary/aromatic N) is 1. The Kier molecular flexibility index (Phi) is 3.67. The Balaban J connectivity index is 2.19. The van der Waals surface area contributed by atoms with Gasteiger partial charge in [-0.2, -0.15) is 0 Å². The van der Waals surface area contributed by atoms with Gasteiger partial charge in [0.1, 0.15) is 5.75 Å². The van der Waals surface area contributed by atoms with Crippen LogP contribution in [-0.4, -0.2) is 12.1 Å². The van der Waals surface area contributed by atoms with E-state index in [1.54, 1.807) is 13.3 Å². The number of hydrogen-bond donors (Lipinski definition) is 2. The average Bonchev–Trinajstić information content (AvgIpc) is 2.42. The second-order valence-corrected chi connectivity index (χ2v) is 4.04. The Morgan fingerprint density at radius 3 is 2.72 bits per heavy atom. The molecule has 0 saturated heterocycles. The summed E-state index contributed by atoms with van der Waals surface area (Å²) in [7, 11) is 1.61. The van der Waals surface area contributed by atoms with E-state index >= 15 is 0 Å². The van der Waals surface area contributed by atoms with Crippen LogP contribution in [0.25, 0.3) is 0 Å². The van der Waals surface area contributed by atoms with Crippen molar-refractivity contribution in [2.75, 3.05) is 18.2 Å². The topological polar surface area (TPSA) is 60.2 Å². The SMILES string of the molecule is COc1cccc(NC(C)c2ccccn2)c1N. The molecule has 18 heavy (non-hydrogen) atoms. The van der Waals surface area contributed by atoms with Crippen molar-refractivity contribution in [2.45, 2.75) is 13.0 Å². The second kappa shape index (κ2) is 5.40. The molecule has 0 amide bonds. The Morgan fingerprint density at radius 1 is 1.22 bits per heavy atom. The molecule has 1 aromatic carbocycles. The zero-order valence-corrected chi connectivity index (χ0v) is 10.6. The molecule has 1 aromatic heterocycles. The number of nitrogens with one attached hydrogen (secondary N) is 1. The molecule has 2 aromatic rings. The van der Waals surface area contributed by atoms with E-state index < -0.39 is 0 Å². The summed E-state index contributed by atoms with van der Waals surface area (Å²) in [6.45, 7) is 2.04. The molecular formula is C14H17N3O. The van der Waals surface area contributed by atoms with Gasteiger partial charge < -0.3 is 15.8 Å². The van der Waals surface area contributed by atoms with E-state index in [2.05, 4.69) is 10.3 Å². The van der Waals surface area contributed by atoms with E-state index in [9.17, 15) is 0 Å². The van der Waals surface area contributed by atoms with Crippen LogP contribution in [-0.2, 0) is 0 Å². The standard InChI is InChI=1S/C14H17N3O/c1-10(11-6-3-4-9-16-11)17-12-7-5-8-13(18-2)14(12)15/h3-10,17H,15H2,1-2H3. The molecule has 0 aliphatic rings. The third-order valence-corrected chi connectivity index (χ3v) is 2.79. The molecule has 0 bridgehead atoms. The van der Waals surface area contributed by atoms with Gasteiger partial charge in [-0.05, 0) is 31.2 Å². The maximum atomic E-state index is 6.01. The normalized spacial score (nSPS) is 11.9. The monoisotopic (exact) mass is 243 g/mol. The zero-order valence-electron chi connectivity index (χ0n) is 10.6. The van der Waals surface area contributed by atoms with Crippen molar-refractivity contribution in [3.8, 4) is 5.75 Å². The fourth-order valence-electron chi connectivity index (χ4n) is 1.79. The maximum Gasteiger partial charge on any atom is 0.143 e. The fraction of sp³-hybridized carbons (Fsp3) is 0.214. The lowest BCUT2D eigenvalue weighted by molar-refractivity contribution is 0.417. The van der Waals surface area contributed by atoms with Crippen molar-refractivity contribution in [1.82, 2.24) is 4.98 Å². The fourth-order valence-corrected chi connectivity index (χ4v) is 1.79. The van der Waals surface area contributed by atoms with Crippen LogP contribution in [0.5, 0.6) is 5.75 Å². The van der Waals surface area contributed by atoms with Crippen LogP contribution in [0.1, 0.15) is 18.7 Å². The molecule has 0 aliphatic carbocycles. The van der Waals surface area contributed by atoms with Crippen molar-refractivity contribution in [3.05, 3.63) is 48.3 Å². The lowest BCUT2D eigenvalue weighted by Gasteiger charge is -2.17. The largest absolute Gasteiger partial charge is 0.495 e. The number of nitrogens with two attached hydrogens (primary N) is 1. The molecule has 1 atom stereocenters. The number of rotatable bonds is 4. The van der Waals surface area contributed by atoms with Crippen molar-refractivity contribution in [3.63, 3.8) is 0 Å². The number of aromatic nitrogens is 1. The lowest BCUT2D eigenvalue weighted by Crippen LogP contribution is -2.10. The minimum atomic E-state index is 0.0839. The Labute approximate surface area is 107 Å². The van der Waals surface area contributed by atoms with E-state index in [1.165, 1.54) is 0 Å². The molecule has 94 valence electrons. The van der Waals surface area contributed by atoms with Crippen molar-refractivity contribution in [1.29, 1.82) is 0 Å². The molecule has 4 heteroatoms. The van der Waals surface area contributed by atoms with Gasteiger partial charge in [0, 0.05) is 6.20 Å². The predicted octanol–water partition coefficient (Wildman–Crippen LogP) is 2.85. The molecule has 0 aliphatic heterocycles. The number of para-hydroxylation sites is 1. The maximum absolute atomic E-state index is 6.01. The lowest BCUT2D eigenvalue weighted by atomic mass is 10.2. The van der Waals surface area contributed by atoms with Crippen LogP contribution in [0.15, 0.2) is 42.6 Å². The minimum Gasteiger partial charge on any atom is -0.495 e. The van der Waals surface area contributed by atoms with Gasteiger partial charge in [-0.3, -0.25) is 4.98 Å².